The molecule has 0 spiro atoms. The molecule has 1 amide bonds. The smallest absolute Gasteiger partial charge is 0.238 e. The zero-order chi connectivity index (χ0) is 16.9. The van der Waals surface area contributed by atoms with E-state index in [0.717, 1.165) is 43.1 Å². The van der Waals surface area contributed by atoms with Gasteiger partial charge in [-0.05, 0) is 43.9 Å². The van der Waals surface area contributed by atoms with Crippen LogP contribution in [0.2, 0.25) is 5.02 Å². The van der Waals surface area contributed by atoms with Crippen LogP contribution in [0, 0.1) is 0 Å². The summed E-state index contributed by atoms with van der Waals surface area (Å²) >= 11 is 6.25. The number of likely N-dealkylation sites (tertiary alicyclic amines) is 1. The van der Waals surface area contributed by atoms with Crippen molar-refractivity contribution in [1.29, 1.82) is 0 Å². The molecule has 0 saturated carbocycles. The van der Waals surface area contributed by atoms with E-state index in [1.54, 1.807) is 0 Å². The van der Waals surface area contributed by atoms with Crippen LogP contribution in [0.4, 0.5) is 0 Å². The van der Waals surface area contributed by atoms with E-state index in [4.69, 9.17) is 11.6 Å². The van der Waals surface area contributed by atoms with Crippen molar-refractivity contribution in [3.05, 3.63) is 34.9 Å². The summed E-state index contributed by atoms with van der Waals surface area (Å²) in [7, 11) is 0. The quantitative estimate of drug-likeness (QED) is 0.762. The van der Waals surface area contributed by atoms with Crippen LogP contribution in [0.25, 0.3) is 0 Å². The van der Waals surface area contributed by atoms with Crippen LogP contribution >= 0.6 is 11.6 Å². The van der Waals surface area contributed by atoms with Gasteiger partial charge in [0.05, 0.1) is 0 Å². The van der Waals surface area contributed by atoms with Crippen molar-refractivity contribution >= 4 is 17.5 Å². The summed E-state index contributed by atoms with van der Waals surface area (Å²) in [5, 5.41) is 3.95. The Bertz CT molecular complexity index is 560. The van der Waals surface area contributed by atoms with Gasteiger partial charge in [0.1, 0.15) is 6.04 Å². The molecule has 0 bridgehead atoms. The molecule has 5 nitrogen and oxygen atoms in total. The van der Waals surface area contributed by atoms with Gasteiger partial charge < -0.3 is 10.2 Å². The zero-order valence-corrected chi connectivity index (χ0v) is 15.0. The fourth-order valence-electron chi connectivity index (χ4n) is 3.61. The molecule has 2 saturated heterocycles. The Morgan fingerprint density at radius 2 is 2.04 bits per heavy atom. The van der Waals surface area contributed by atoms with Crippen LogP contribution in [0.3, 0.4) is 0 Å². The van der Waals surface area contributed by atoms with Crippen LogP contribution in [-0.2, 0) is 4.79 Å². The number of nitrogens with zero attached hydrogens (tertiary/aromatic N) is 1. The SMILES string of the molecule is CCCN1CCC(NC(=O)C2CC(c3ccccc3Cl)NN2)CC1. The van der Waals surface area contributed by atoms with E-state index in [1.807, 2.05) is 24.3 Å². The van der Waals surface area contributed by atoms with Gasteiger partial charge in [0, 0.05) is 30.2 Å². The minimum Gasteiger partial charge on any atom is -0.352 e. The summed E-state index contributed by atoms with van der Waals surface area (Å²) in [6.45, 7) is 5.53. The van der Waals surface area contributed by atoms with E-state index < -0.39 is 0 Å². The maximum atomic E-state index is 12.5. The van der Waals surface area contributed by atoms with E-state index in [2.05, 4.69) is 28.0 Å². The largest absolute Gasteiger partial charge is 0.352 e. The molecular formula is C18H27ClN4O. The average molecular weight is 351 g/mol. The number of hydrogen-bond acceptors (Lipinski definition) is 4. The normalized spacial score (nSPS) is 25.8. The molecule has 0 aromatic heterocycles. The van der Waals surface area contributed by atoms with Gasteiger partial charge in [0.25, 0.3) is 0 Å². The number of carbonyl (C=O) groups excluding carboxylic acids is 1. The average Bonchev–Trinajstić information content (AvgIpc) is 3.07. The molecule has 2 aliphatic rings. The third-order valence-electron chi connectivity index (χ3n) is 4.97. The second kappa shape index (κ2) is 8.30. The lowest BCUT2D eigenvalue weighted by molar-refractivity contribution is -0.123. The number of carbonyl (C=O) groups is 1. The summed E-state index contributed by atoms with van der Waals surface area (Å²) in [5.41, 5.74) is 7.36. The molecular weight excluding hydrogens is 324 g/mol. The highest BCUT2D eigenvalue weighted by Gasteiger charge is 2.32. The molecule has 6 heteroatoms. The minimum atomic E-state index is -0.208. The number of hydrazine groups is 1. The fourth-order valence-corrected chi connectivity index (χ4v) is 3.88. The monoisotopic (exact) mass is 350 g/mol. The van der Waals surface area contributed by atoms with E-state index in [0.29, 0.717) is 12.5 Å². The van der Waals surface area contributed by atoms with Crippen molar-refractivity contribution in [3.63, 3.8) is 0 Å². The molecule has 3 rings (SSSR count). The van der Waals surface area contributed by atoms with E-state index >= 15 is 0 Å². The van der Waals surface area contributed by atoms with Crippen molar-refractivity contribution in [2.75, 3.05) is 19.6 Å². The lowest BCUT2D eigenvalue weighted by Crippen LogP contribution is -2.50. The summed E-state index contributed by atoms with van der Waals surface area (Å²) in [6.07, 6.45) is 3.99. The van der Waals surface area contributed by atoms with Crippen LogP contribution in [0.15, 0.2) is 24.3 Å². The number of nitrogens with one attached hydrogen (secondary N) is 3. The molecule has 2 atom stereocenters. The minimum absolute atomic E-state index is 0.0702. The van der Waals surface area contributed by atoms with Crippen molar-refractivity contribution < 1.29 is 4.79 Å². The second-order valence-electron chi connectivity index (χ2n) is 6.78. The molecule has 132 valence electrons. The third-order valence-corrected chi connectivity index (χ3v) is 5.32. The van der Waals surface area contributed by atoms with Gasteiger partial charge >= 0.3 is 0 Å². The van der Waals surface area contributed by atoms with Crippen molar-refractivity contribution in [3.8, 4) is 0 Å². The number of rotatable bonds is 5. The van der Waals surface area contributed by atoms with Gasteiger partial charge in [0.15, 0.2) is 0 Å². The van der Waals surface area contributed by atoms with Gasteiger partial charge in [-0.25, -0.2) is 10.9 Å². The fraction of sp³-hybridized carbons (Fsp3) is 0.611. The topological polar surface area (TPSA) is 56.4 Å². The number of piperidine rings is 1. The Kier molecular flexibility index (Phi) is 6.11. The summed E-state index contributed by atoms with van der Waals surface area (Å²) < 4.78 is 0. The standard InChI is InChI=1S/C18H27ClN4O/c1-2-9-23-10-7-13(8-11-23)20-18(24)17-12-16(21-22-17)14-5-3-4-6-15(14)19/h3-6,13,16-17,21-22H,2,7-12H2,1H3,(H,20,24). The first-order valence-electron chi connectivity index (χ1n) is 8.95. The Morgan fingerprint density at radius 3 is 2.75 bits per heavy atom. The number of amides is 1. The predicted octanol–water partition coefficient (Wildman–Crippen LogP) is 2.24. The van der Waals surface area contributed by atoms with Crippen molar-refractivity contribution in [1.82, 2.24) is 21.1 Å². The first-order valence-corrected chi connectivity index (χ1v) is 9.33. The Labute approximate surface area is 149 Å². The van der Waals surface area contributed by atoms with Crippen LogP contribution in [0.5, 0.6) is 0 Å². The molecule has 1 aromatic carbocycles. The summed E-state index contributed by atoms with van der Waals surface area (Å²) in [5.74, 6) is 0.0889. The maximum Gasteiger partial charge on any atom is 0.238 e. The lowest BCUT2D eigenvalue weighted by atomic mass is 10.0. The molecule has 0 radical (unpaired) electrons. The second-order valence-corrected chi connectivity index (χ2v) is 7.18. The van der Waals surface area contributed by atoms with Gasteiger partial charge in [-0.1, -0.05) is 36.7 Å². The zero-order valence-electron chi connectivity index (χ0n) is 14.2. The first-order chi connectivity index (χ1) is 11.7. The van der Waals surface area contributed by atoms with Crippen molar-refractivity contribution in [2.24, 2.45) is 0 Å². The number of halogens is 1. The molecule has 2 unspecified atom stereocenters. The van der Waals surface area contributed by atoms with Gasteiger partial charge in [-0.3, -0.25) is 4.79 Å². The van der Waals surface area contributed by atoms with Gasteiger partial charge in [0.2, 0.25) is 5.91 Å². The molecule has 2 fully saturated rings. The molecule has 2 aliphatic heterocycles. The molecule has 1 aromatic rings. The number of hydrogen-bond donors (Lipinski definition) is 3. The third kappa shape index (κ3) is 4.28. The molecule has 2 heterocycles. The molecule has 24 heavy (non-hydrogen) atoms. The predicted molar refractivity (Wildman–Crippen MR) is 96.8 cm³/mol. The van der Waals surface area contributed by atoms with Crippen LogP contribution in [-0.4, -0.2) is 42.5 Å². The Morgan fingerprint density at radius 1 is 1.29 bits per heavy atom. The molecule has 0 aliphatic carbocycles. The highest BCUT2D eigenvalue weighted by atomic mass is 35.5. The van der Waals surface area contributed by atoms with E-state index in [-0.39, 0.29) is 18.0 Å². The Hall–Kier alpha value is -1.14. The highest BCUT2D eigenvalue weighted by Crippen LogP contribution is 2.28. The summed E-state index contributed by atoms with van der Waals surface area (Å²) in [6, 6.07) is 7.94. The van der Waals surface area contributed by atoms with Gasteiger partial charge in [-0.2, -0.15) is 0 Å². The number of benzene rings is 1. The maximum absolute atomic E-state index is 12.5. The lowest BCUT2D eigenvalue weighted by Gasteiger charge is -2.32. The first kappa shape index (κ1) is 17.7. The summed E-state index contributed by atoms with van der Waals surface area (Å²) in [4.78, 5) is 15.0. The van der Waals surface area contributed by atoms with E-state index in [1.165, 1.54) is 6.42 Å². The highest BCUT2D eigenvalue weighted by molar-refractivity contribution is 6.31. The van der Waals surface area contributed by atoms with Crippen molar-refractivity contribution in [2.45, 2.75) is 50.7 Å². The van der Waals surface area contributed by atoms with Crippen LogP contribution in [0.1, 0.15) is 44.2 Å². The Balaban J connectivity index is 1.48. The van der Waals surface area contributed by atoms with Gasteiger partial charge in [-0.15, -0.1) is 0 Å². The van der Waals surface area contributed by atoms with Crippen LogP contribution < -0.4 is 16.2 Å². The van der Waals surface area contributed by atoms with E-state index in [9.17, 15) is 4.79 Å². The molecule has 3 N–H and O–H groups in total.